The third-order valence-electron chi connectivity index (χ3n) is 3.46. The fraction of sp³-hybridized carbons (Fsp3) is 0.125. The van der Waals surface area contributed by atoms with Gasteiger partial charge in [0.25, 0.3) is 5.69 Å². The first-order chi connectivity index (χ1) is 12.4. The van der Waals surface area contributed by atoms with Gasteiger partial charge in [-0.2, -0.15) is 0 Å². The Bertz CT molecular complexity index is 902. The highest BCUT2D eigenvalue weighted by molar-refractivity contribution is 8.00. The van der Waals surface area contributed by atoms with Gasteiger partial charge in [0.1, 0.15) is 0 Å². The highest BCUT2D eigenvalue weighted by Crippen LogP contribution is 2.34. The first kappa shape index (κ1) is 17.5. The molecule has 0 atom stereocenters. The minimum Gasteiger partial charge on any atom is -0.454 e. The van der Waals surface area contributed by atoms with E-state index in [1.165, 1.54) is 12.1 Å². The summed E-state index contributed by atoms with van der Waals surface area (Å²) in [5.74, 6) is -0.0198. The lowest BCUT2D eigenvalue weighted by atomic mass is 10.2. The Morgan fingerprint density at radius 1 is 1.19 bits per heavy atom. The van der Waals surface area contributed by atoms with Crippen LogP contribution in [0.5, 0.6) is 11.5 Å². The third-order valence-corrected chi connectivity index (χ3v) is 4.52. The van der Waals surface area contributed by atoms with Gasteiger partial charge in [0.15, 0.2) is 11.5 Å². The van der Waals surface area contributed by atoms with Gasteiger partial charge < -0.3 is 20.5 Å². The summed E-state index contributed by atoms with van der Waals surface area (Å²) >= 11 is 0.987. The molecule has 0 saturated carbocycles. The number of amides is 2. The van der Waals surface area contributed by atoms with Crippen LogP contribution in [0.3, 0.4) is 0 Å². The van der Waals surface area contributed by atoms with Crippen LogP contribution in [0.25, 0.3) is 0 Å². The van der Waals surface area contributed by atoms with Gasteiger partial charge in [0, 0.05) is 23.4 Å². The van der Waals surface area contributed by atoms with E-state index in [1.54, 1.807) is 18.2 Å². The molecule has 0 saturated heterocycles. The van der Waals surface area contributed by atoms with Gasteiger partial charge in [-0.25, -0.2) is 0 Å². The number of benzene rings is 2. The van der Waals surface area contributed by atoms with Crippen molar-refractivity contribution in [3.8, 4) is 11.5 Å². The monoisotopic (exact) mass is 375 g/mol. The second-order valence-corrected chi connectivity index (χ2v) is 6.23. The molecule has 0 unspecified atom stereocenters. The number of hydrogen-bond acceptors (Lipinski definition) is 7. The highest BCUT2D eigenvalue weighted by Gasteiger charge is 2.18. The number of nitrogens with one attached hydrogen (secondary N) is 1. The number of nitrogens with two attached hydrogens (primary N) is 1. The first-order valence-corrected chi connectivity index (χ1v) is 8.33. The van der Waals surface area contributed by atoms with Crippen molar-refractivity contribution in [1.29, 1.82) is 0 Å². The predicted octanol–water partition coefficient (Wildman–Crippen LogP) is 2.15. The fourth-order valence-corrected chi connectivity index (χ4v) is 3.05. The number of carbonyl (C=O) groups is 2. The molecule has 1 aliphatic rings. The molecule has 9 nitrogen and oxygen atoms in total. The van der Waals surface area contributed by atoms with E-state index in [9.17, 15) is 19.7 Å². The molecule has 1 heterocycles. The summed E-state index contributed by atoms with van der Waals surface area (Å²) in [4.78, 5) is 34.0. The Hall–Kier alpha value is -3.27. The Labute approximate surface area is 151 Å². The smallest absolute Gasteiger partial charge is 0.283 e. The van der Waals surface area contributed by atoms with Crippen LogP contribution in [0.2, 0.25) is 0 Å². The molecule has 26 heavy (non-hydrogen) atoms. The summed E-state index contributed by atoms with van der Waals surface area (Å²) in [5, 5.41) is 13.8. The van der Waals surface area contributed by atoms with Crippen LogP contribution in [-0.4, -0.2) is 29.3 Å². The number of carbonyl (C=O) groups excluding carboxylic acids is 2. The lowest BCUT2D eigenvalue weighted by Gasteiger charge is -2.07. The van der Waals surface area contributed by atoms with Crippen molar-refractivity contribution < 1.29 is 24.0 Å². The zero-order valence-electron chi connectivity index (χ0n) is 13.3. The van der Waals surface area contributed by atoms with Crippen molar-refractivity contribution in [2.75, 3.05) is 17.9 Å². The topological polar surface area (TPSA) is 134 Å². The number of hydrogen-bond donors (Lipinski definition) is 2. The van der Waals surface area contributed by atoms with Crippen LogP contribution in [0.15, 0.2) is 41.3 Å². The molecule has 2 aromatic rings. The Morgan fingerprint density at radius 3 is 2.69 bits per heavy atom. The second kappa shape index (κ2) is 7.31. The van der Waals surface area contributed by atoms with E-state index in [0.29, 0.717) is 17.2 Å². The number of ether oxygens (including phenoxy) is 2. The normalized spacial score (nSPS) is 11.8. The van der Waals surface area contributed by atoms with Crippen molar-refractivity contribution in [1.82, 2.24) is 0 Å². The van der Waals surface area contributed by atoms with E-state index in [1.807, 2.05) is 0 Å². The van der Waals surface area contributed by atoms with Gasteiger partial charge in [0.2, 0.25) is 18.6 Å². The minimum absolute atomic E-state index is 0.0332. The quantitative estimate of drug-likeness (QED) is 0.449. The van der Waals surface area contributed by atoms with E-state index in [4.69, 9.17) is 15.2 Å². The lowest BCUT2D eigenvalue weighted by molar-refractivity contribution is -0.387. The number of anilines is 1. The molecule has 0 bridgehead atoms. The van der Waals surface area contributed by atoms with Crippen LogP contribution < -0.4 is 20.5 Å². The van der Waals surface area contributed by atoms with Crippen molar-refractivity contribution in [2.45, 2.75) is 4.90 Å². The van der Waals surface area contributed by atoms with E-state index >= 15 is 0 Å². The molecule has 1 aliphatic heterocycles. The molecule has 2 amide bonds. The largest absolute Gasteiger partial charge is 0.454 e. The van der Waals surface area contributed by atoms with Gasteiger partial charge in [-0.15, -0.1) is 11.8 Å². The SMILES string of the molecule is NC(=O)c1ccc(SCC(=O)Nc2ccc3c(c2)OCO3)c([N+](=O)[O-])c1. The van der Waals surface area contributed by atoms with E-state index < -0.39 is 10.8 Å². The minimum atomic E-state index is -0.759. The van der Waals surface area contributed by atoms with Crippen LogP contribution in [0.1, 0.15) is 10.4 Å². The highest BCUT2D eigenvalue weighted by atomic mass is 32.2. The summed E-state index contributed by atoms with van der Waals surface area (Å²) in [6, 6.07) is 8.86. The van der Waals surface area contributed by atoms with E-state index in [-0.39, 0.29) is 34.6 Å². The molecule has 2 aromatic carbocycles. The zero-order chi connectivity index (χ0) is 18.7. The van der Waals surface area contributed by atoms with E-state index in [2.05, 4.69) is 5.32 Å². The van der Waals surface area contributed by atoms with Gasteiger partial charge >= 0.3 is 0 Å². The second-order valence-electron chi connectivity index (χ2n) is 5.21. The van der Waals surface area contributed by atoms with Gasteiger partial charge in [0.05, 0.1) is 15.6 Å². The summed E-state index contributed by atoms with van der Waals surface area (Å²) in [6.07, 6.45) is 0. The van der Waals surface area contributed by atoms with Crippen molar-refractivity contribution in [2.24, 2.45) is 5.73 Å². The van der Waals surface area contributed by atoms with Crippen molar-refractivity contribution >= 4 is 35.0 Å². The average molecular weight is 375 g/mol. The summed E-state index contributed by atoms with van der Waals surface area (Å²) in [5.41, 5.74) is 5.41. The van der Waals surface area contributed by atoms with Gasteiger partial charge in [-0.05, 0) is 24.3 Å². The molecule has 0 fully saturated rings. The number of nitro groups is 1. The summed E-state index contributed by atoms with van der Waals surface area (Å²) in [7, 11) is 0. The molecular formula is C16H13N3O6S. The molecule has 0 radical (unpaired) electrons. The summed E-state index contributed by atoms with van der Waals surface area (Å²) in [6.45, 7) is 0.132. The van der Waals surface area contributed by atoms with Gasteiger partial charge in [-0.1, -0.05) is 0 Å². The molecule has 10 heteroatoms. The van der Waals surface area contributed by atoms with Gasteiger partial charge in [-0.3, -0.25) is 19.7 Å². The Kier molecular flexibility index (Phi) is 4.94. The van der Waals surface area contributed by atoms with Crippen molar-refractivity contribution in [3.63, 3.8) is 0 Å². The summed E-state index contributed by atoms with van der Waals surface area (Å²) < 4.78 is 10.4. The third kappa shape index (κ3) is 3.86. The molecule has 0 spiro atoms. The maximum absolute atomic E-state index is 12.1. The molecule has 3 rings (SSSR count). The molecule has 0 aromatic heterocycles. The molecular weight excluding hydrogens is 362 g/mol. The Balaban J connectivity index is 1.66. The zero-order valence-corrected chi connectivity index (χ0v) is 14.1. The molecule has 3 N–H and O–H groups in total. The first-order valence-electron chi connectivity index (χ1n) is 7.34. The average Bonchev–Trinajstić information content (AvgIpc) is 3.07. The number of rotatable bonds is 6. The maximum Gasteiger partial charge on any atom is 0.283 e. The van der Waals surface area contributed by atoms with Crippen LogP contribution in [0, 0.1) is 10.1 Å². The Morgan fingerprint density at radius 2 is 1.96 bits per heavy atom. The van der Waals surface area contributed by atoms with Crippen molar-refractivity contribution in [3.05, 3.63) is 52.1 Å². The number of thioether (sulfide) groups is 1. The number of nitro benzene ring substituents is 1. The van der Waals surface area contributed by atoms with Crippen LogP contribution >= 0.6 is 11.8 Å². The maximum atomic E-state index is 12.1. The molecule has 134 valence electrons. The number of nitrogens with zero attached hydrogens (tertiary/aromatic N) is 1. The number of primary amides is 1. The number of fused-ring (bicyclic) bond motifs is 1. The standard InChI is InChI=1S/C16H13N3O6S/c17-16(21)9-1-4-14(11(5-9)19(22)23)26-7-15(20)18-10-2-3-12-13(6-10)25-8-24-12/h1-6H,7-8H2,(H2,17,21)(H,18,20). The lowest BCUT2D eigenvalue weighted by Crippen LogP contribution is -2.14. The van der Waals surface area contributed by atoms with Crippen LogP contribution in [-0.2, 0) is 4.79 Å². The van der Waals surface area contributed by atoms with Crippen LogP contribution in [0.4, 0.5) is 11.4 Å². The molecule has 0 aliphatic carbocycles. The van der Waals surface area contributed by atoms with E-state index in [0.717, 1.165) is 17.8 Å². The predicted molar refractivity (Wildman–Crippen MR) is 93.5 cm³/mol. The fourth-order valence-electron chi connectivity index (χ4n) is 2.25.